The maximum atomic E-state index is 15.2. The largest absolute Gasteiger partial charge is 0.328 e. The number of hydrogen-bond donors (Lipinski definition) is 1. The van der Waals surface area contributed by atoms with Crippen LogP contribution in [-0.2, 0) is 15.9 Å². The molecule has 6 nitrogen and oxygen atoms in total. The average molecular weight is 402 g/mol. The van der Waals surface area contributed by atoms with E-state index in [-0.39, 0.29) is 30.2 Å². The number of halogens is 3. The Bertz CT molecular complexity index is 1030. The molecule has 2 fully saturated rings. The highest BCUT2D eigenvalue weighted by molar-refractivity contribution is 6.01. The molecule has 1 aliphatic heterocycles. The van der Waals surface area contributed by atoms with Crippen LogP contribution in [-0.4, -0.2) is 39.8 Å². The molecule has 2 heterocycles. The molecular formula is C20H17F3N4O2. The predicted molar refractivity (Wildman–Crippen MR) is 95.9 cm³/mol. The topological polar surface area (TPSA) is 75.2 Å². The van der Waals surface area contributed by atoms with Crippen LogP contribution in [0.4, 0.5) is 19.1 Å². The Hall–Kier alpha value is -2.97. The summed E-state index contributed by atoms with van der Waals surface area (Å²) < 4.78 is 42.5. The van der Waals surface area contributed by atoms with Gasteiger partial charge >= 0.3 is 0 Å². The fourth-order valence-corrected chi connectivity index (χ4v) is 4.09. The quantitative estimate of drug-likeness (QED) is 0.854. The normalized spacial score (nSPS) is 20.4. The molecule has 29 heavy (non-hydrogen) atoms. The van der Waals surface area contributed by atoms with Crippen molar-refractivity contribution in [2.45, 2.75) is 36.8 Å². The zero-order chi connectivity index (χ0) is 20.4. The molecule has 0 bridgehead atoms. The van der Waals surface area contributed by atoms with Crippen LogP contribution < -0.4 is 5.32 Å². The standard InChI is InChI=1S/C20H17F3N4O2/c21-11-7-24-18(25-8-11)26-14(28)9-27-10-19(3-4-19)15-12(17(27)29)1-2-13(16(15)22)20(23)5-6-20/h1-2,7-8H,3-6,9-10H2,(H,24,25,26,28). The highest BCUT2D eigenvalue weighted by Crippen LogP contribution is 2.57. The van der Waals surface area contributed by atoms with Crippen molar-refractivity contribution in [1.29, 1.82) is 0 Å². The SMILES string of the molecule is O=C(CN1CC2(CC2)c2c(ccc(C3(F)CC3)c2F)C1=O)Nc1ncc(F)cn1. The second-order valence-corrected chi connectivity index (χ2v) is 8.03. The molecule has 0 atom stereocenters. The third kappa shape index (κ3) is 2.95. The Morgan fingerprint density at radius 1 is 1.14 bits per heavy atom. The molecule has 9 heteroatoms. The third-order valence-electron chi connectivity index (χ3n) is 5.91. The highest BCUT2D eigenvalue weighted by atomic mass is 19.2. The average Bonchev–Trinajstić information content (AvgIpc) is 3.60. The van der Waals surface area contributed by atoms with Crippen LogP contribution in [0.15, 0.2) is 24.5 Å². The number of fused-ring (bicyclic) bond motifs is 2. The number of benzene rings is 1. The van der Waals surface area contributed by atoms with Gasteiger partial charge in [-0.25, -0.2) is 23.1 Å². The zero-order valence-electron chi connectivity index (χ0n) is 15.3. The summed E-state index contributed by atoms with van der Waals surface area (Å²) in [5.74, 6) is -2.33. The van der Waals surface area contributed by atoms with Crippen LogP contribution in [0.2, 0.25) is 0 Å². The summed E-state index contributed by atoms with van der Waals surface area (Å²) >= 11 is 0. The minimum Gasteiger partial charge on any atom is -0.328 e. The zero-order valence-corrected chi connectivity index (χ0v) is 15.3. The molecule has 1 spiro atoms. The van der Waals surface area contributed by atoms with Gasteiger partial charge in [-0.05, 0) is 31.7 Å². The lowest BCUT2D eigenvalue weighted by Gasteiger charge is -2.35. The summed E-state index contributed by atoms with van der Waals surface area (Å²) in [6, 6.07) is 2.83. The van der Waals surface area contributed by atoms with Crippen molar-refractivity contribution in [3.8, 4) is 0 Å². The Labute approximate surface area is 164 Å². The molecule has 1 aromatic carbocycles. The van der Waals surface area contributed by atoms with E-state index in [0.29, 0.717) is 31.2 Å². The van der Waals surface area contributed by atoms with Crippen LogP contribution >= 0.6 is 0 Å². The Balaban J connectivity index is 1.40. The van der Waals surface area contributed by atoms with E-state index in [1.807, 2.05) is 0 Å². The summed E-state index contributed by atoms with van der Waals surface area (Å²) in [6.07, 6.45) is 3.77. The molecule has 5 rings (SSSR count). The number of hydrogen-bond acceptors (Lipinski definition) is 4. The number of amides is 2. The van der Waals surface area contributed by atoms with E-state index < -0.39 is 34.5 Å². The number of rotatable bonds is 4. The lowest BCUT2D eigenvalue weighted by atomic mass is 9.83. The smallest absolute Gasteiger partial charge is 0.254 e. The molecule has 2 aromatic rings. The maximum absolute atomic E-state index is 15.2. The van der Waals surface area contributed by atoms with E-state index >= 15 is 4.39 Å². The lowest BCUT2D eigenvalue weighted by Crippen LogP contribution is -2.47. The molecule has 0 saturated heterocycles. The Kier molecular flexibility index (Phi) is 3.75. The number of anilines is 1. The van der Waals surface area contributed by atoms with Gasteiger partial charge < -0.3 is 4.90 Å². The number of alkyl halides is 1. The van der Waals surface area contributed by atoms with Gasteiger partial charge in [-0.3, -0.25) is 14.9 Å². The fraction of sp³-hybridized carbons (Fsp3) is 0.400. The van der Waals surface area contributed by atoms with E-state index in [4.69, 9.17) is 0 Å². The van der Waals surface area contributed by atoms with Gasteiger partial charge in [0, 0.05) is 28.7 Å². The molecule has 1 N–H and O–H groups in total. The van der Waals surface area contributed by atoms with E-state index in [2.05, 4.69) is 15.3 Å². The van der Waals surface area contributed by atoms with E-state index in [0.717, 1.165) is 12.4 Å². The lowest BCUT2D eigenvalue weighted by molar-refractivity contribution is -0.117. The van der Waals surface area contributed by atoms with E-state index in [1.54, 1.807) is 0 Å². The number of nitrogens with one attached hydrogen (secondary N) is 1. The van der Waals surface area contributed by atoms with Crippen molar-refractivity contribution >= 4 is 17.8 Å². The van der Waals surface area contributed by atoms with Crippen molar-refractivity contribution in [3.63, 3.8) is 0 Å². The van der Waals surface area contributed by atoms with Crippen LogP contribution in [0, 0.1) is 11.6 Å². The maximum Gasteiger partial charge on any atom is 0.254 e. The number of carbonyl (C=O) groups excluding carboxylic acids is 2. The summed E-state index contributed by atoms with van der Waals surface area (Å²) in [4.78, 5) is 33.9. The van der Waals surface area contributed by atoms with E-state index in [1.165, 1.54) is 17.0 Å². The first-order valence-corrected chi connectivity index (χ1v) is 9.40. The summed E-state index contributed by atoms with van der Waals surface area (Å²) in [5, 5.41) is 2.41. The van der Waals surface area contributed by atoms with Gasteiger partial charge in [-0.15, -0.1) is 0 Å². The first kappa shape index (κ1) is 18.1. The highest BCUT2D eigenvalue weighted by Gasteiger charge is 2.55. The number of aromatic nitrogens is 2. The van der Waals surface area contributed by atoms with Gasteiger partial charge in [-0.2, -0.15) is 0 Å². The monoisotopic (exact) mass is 402 g/mol. The van der Waals surface area contributed by atoms with Crippen molar-refractivity contribution in [2.75, 3.05) is 18.4 Å². The van der Waals surface area contributed by atoms with Gasteiger partial charge in [0.1, 0.15) is 18.0 Å². The van der Waals surface area contributed by atoms with Crippen molar-refractivity contribution in [2.24, 2.45) is 0 Å². The van der Waals surface area contributed by atoms with Crippen LogP contribution in [0.1, 0.15) is 47.2 Å². The minimum atomic E-state index is -1.62. The second kappa shape index (κ2) is 6.01. The summed E-state index contributed by atoms with van der Waals surface area (Å²) in [5.41, 5.74) is -1.67. The Morgan fingerprint density at radius 2 is 1.83 bits per heavy atom. The minimum absolute atomic E-state index is 0.0370. The molecule has 0 unspecified atom stereocenters. The molecule has 3 aliphatic rings. The first-order valence-electron chi connectivity index (χ1n) is 9.40. The molecule has 150 valence electrons. The summed E-state index contributed by atoms with van der Waals surface area (Å²) in [7, 11) is 0. The predicted octanol–water partition coefficient (Wildman–Crippen LogP) is 2.84. The summed E-state index contributed by atoms with van der Waals surface area (Å²) in [6.45, 7) is -0.0760. The van der Waals surface area contributed by atoms with Crippen molar-refractivity contribution in [1.82, 2.24) is 14.9 Å². The third-order valence-corrected chi connectivity index (χ3v) is 5.91. The van der Waals surface area contributed by atoms with Gasteiger partial charge in [0.15, 0.2) is 5.82 Å². The molecule has 1 aromatic heterocycles. The number of nitrogens with zero attached hydrogens (tertiary/aromatic N) is 3. The molecule has 2 amide bonds. The number of carbonyl (C=O) groups is 2. The van der Waals surface area contributed by atoms with Gasteiger partial charge in [0.25, 0.3) is 5.91 Å². The van der Waals surface area contributed by atoms with Crippen molar-refractivity contribution < 1.29 is 22.8 Å². The first-order chi connectivity index (χ1) is 13.8. The molecular weight excluding hydrogens is 385 g/mol. The molecule has 0 radical (unpaired) electrons. The van der Waals surface area contributed by atoms with Gasteiger partial charge in [-0.1, -0.05) is 6.07 Å². The Morgan fingerprint density at radius 3 is 2.45 bits per heavy atom. The molecule has 2 saturated carbocycles. The van der Waals surface area contributed by atoms with Crippen molar-refractivity contribution in [3.05, 3.63) is 52.9 Å². The van der Waals surface area contributed by atoms with E-state index in [9.17, 15) is 18.4 Å². The molecule has 2 aliphatic carbocycles. The fourth-order valence-electron chi connectivity index (χ4n) is 4.09. The van der Waals surface area contributed by atoms with Crippen LogP contribution in [0.3, 0.4) is 0 Å². The van der Waals surface area contributed by atoms with Crippen LogP contribution in [0.25, 0.3) is 0 Å². The van der Waals surface area contributed by atoms with Gasteiger partial charge in [0.05, 0.1) is 12.4 Å². The van der Waals surface area contributed by atoms with Gasteiger partial charge in [0.2, 0.25) is 11.9 Å². The second-order valence-electron chi connectivity index (χ2n) is 8.03. The van der Waals surface area contributed by atoms with Crippen LogP contribution in [0.5, 0.6) is 0 Å².